The zero-order chi connectivity index (χ0) is 21.5. The molecule has 1 aliphatic rings. The van der Waals surface area contributed by atoms with Crippen LogP contribution < -0.4 is 11.2 Å². The van der Waals surface area contributed by atoms with E-state index in [9.17, 15) is 34.4 Å². The smallest absolute Gasteiger partial charge is 0.359 e. The molecule has 1 aromatic rings. The lowest BCUT2D eigenvalue weighted by Gasteiger charge is -2.36. The molecule has 1 fully saturated rings. The van der Waals surface area contributed by atoms with Crippen molar-refractivity contribution in [3.63, 3.8) is 0 Å². The first-order valence-corrected chi connectivity index (χ1v) is 10.7. The zero-order valence-electron chi connectivity index (χ0n) is 16.4. The van der Waals surface area contributed by atoms with Crippen LogP contribution in [0.5, 0.6) is 0 Å². The van der Waals surface area contributed by atoms with Gasteiger partial charge in [-0.25, -0.2) is 4.79 Å². The molecule has 160 valence electrons. The minimum atomic E-state index is -4.38. The average Bonchev–Trinajstić information content (AvgIpc) is 2.81. The van der Waals surface area contributed by atoms with Gasteiger partial charge in [0, 0.05) is 12.3 Å². The summed E-state index contributed by atoms with van der Waals surface area (Å²) in [6.07, 6.45) is -0.892. The van der Waals surface area contributed by atoms with Crippen LogP contribution in [0, 0.1) is 5.92 Å². The van der Waals surface area contributed by atoms with Crippen LogP contribution in [0.4, 0.5) is 0 Å². The Balaban J connectivity index is 2.19. The second-order valence-corrected chi connectivity index (χ2v) is 10.4. The lowest BCUT2D eigenvalue weighted by atomic mass is 9.91. The number of hydrogen-bond acceptors (Lipinski definition) is 7. The molecule has 6 unspecified atom stereocenters. The second kappa shape index (κ2) is 7.85. The number of aromatic amines is 1. The van der Waals surface area contributed by atoms with Crippen molar-refractivity contribution in [3.05, 3.63) is 33.1 Å². The van der Waals surface area contributed by atoms with Crippen LogP contribution in [-0.4, -0.2) is 52.9 Å². The van der Waals surface area contributed by atoms with Gasteiger partial charge in [-0.1, -0.05) is 6.92 Å². The topological polar surface area (TPSA) is 162 Å². The van der Waals surface area contributed by atoms with Gasteiger partial charge >= 0.3 is 13.3 Å². The lowest BCUT2D eigenvalue weighted by Crippen LogP contribution is -2.37. The van der Waals surface area contributed by atoms with Crippen molar-refractivity contribution in [3.8, 4) is 0 Å². The maximum atomic E-state index is 12.5. The number of hydrogen-bond donors (Lipinski definition) is 5. The Morgan fingerprint density at radius 1 is 1.29 bits per heavy atom. The van der Waals surface area contributed by atoms with Gasteiger partial charge in [-0.05, 0) is 46.0 Å². The van der Waals surface area contributed by atoms with E-state index in [1.807, 2.05) is 0 Å². The third-order valence-corrected chi connectivity index (χ3v) is 7.66. The van der Waals surface area contributed by atoms with Crippen molar-refractivity contribution in [2.75, 3.05) is 0 Å². The van der Waals surface area contributed by atoms with Gasteiger partial charge in [-0.3, -0.25) is 18.9 Å². The molecule has 0 radical (unpaired) electrons. The van der Waals surface area contributed by atoms with Crippen molar-refractivity contribution in [1.82, 2.24) is 9.55 Å². The molecule has 0 saturated heterocycles. The monoisotopic (exact) mass is 420 g/mol. The third kappa shape index (κ3) is 4.64. The first kappa shape index (κ1) is 23.0. The Labute approximate surface area is 162 Å². The quantitative estimate of drug-likeness (QED) is 0.394. The molecule has 0 amide bonds. The van der Waals surface area contributed by atoms with Crippen LogP contribution in [0.15, 0.2) is 21.9 Å². The Morgan fingerprint density at radius 3 is 2.43 bits per heavy atom. The van der Waals surface area contributed by atoms with Crippen molar-refractivity contribution in [1.29, 1.82) is 0 Å². The van der Waals surface area contributed by atoms with E-state index in [1.165, 1.54) is 13.1 Å². The first-order chi connectivity index (χ1) is 12.7. The van der Waals surface area contributed by atoms with E-state index < -0.39 is 54.0 Å². The number of H-pyrrole nitrogens is 1. The molecule has 1 aromatic heterocycles. The van der Waals surface area contributed by atoms with Gasteiger partial charge in [0.1, 0.15) is 6.10 Å². The molecule has 1 saturated carbocycles. The highest BCUT2D eigenvalue weighted by atomic mass is 31.2. The Morgan fingerprint density at radius 2 is 1.89 bits per heavy atom. The zero-order valence-corrected chi connectivity index (χ0v) is 17.3. The summed E-state index contributed by atoms with van der Waals surface area (Å²) in [7, 11) is -4.38. The molecule has 1 aliphatic carbocycles. The highest BCUT2D eigenvalue weighted by molar-refractivity contribution is 7.54. The average molecular weight is 420 g/mol. The highest BCUT2D eigenvalue weighted by Crippen LogP contribution is 2.58. The fraction of sp³-hybridized carbons (Fsp3) is 0.765. The van der Waals surface area contributed by atoms with Crippen molar-refractivity contribution >= 4 is 7.60 Å². The standard InChI is InChI=1S/C17H29N2O8P/c1-5-17(4,24)28(25,26)27-16(2,3)9-10-8-11(14(22)13(10)21)19-7-6-12(20)18-15(19)23/h6-7,10-11,13-14,21-22,24H,5,8-9H2,1-4H3,(H,25,26)(H,18,20,23). The molecule has 1 heterocycles. The number of rotatable bonds is 7. The fourth-order valence-corrected chi connectivity index (χ4v) is 4.91. The van der Waals surface area contributed by atoms with E-state index >= 15 is 0 Å². The Hall–Kier alpha value is -1.29. The van der Waals surface area contributed by atoms with Gasteiger partial charge in [0.15, 0.2) is 5.34 Å². The second-order valence-electron chi connectivity index (χ2n) is 8.21. The van der Waals surface area contributed by atoms with Gasteiger partial charge in [0.05, 0.1) is 17.7 Å². The SMILES string of the molecule is CCC(C)(O)P(=O)(O)OC(C)(C)CC1CC(n2ccc(=O)[nH]c2=O)C(O)C1O. The molecule has 5 N–H and O–H groups in total. The normalized spacial score (nSPS) is 30.0. The molecule has 28 heavy (non-hydrogen) atoms. The van der Waals surface area contributed by atoms with Crippen LogP contribution in [0.2, 0.25) is 0 Å². The van der Waals surface area contributed by atoms with Crippen LogP contribution in [0.1, 0.15) is 53.0 Å². The van der Waals surface area contributed by atoms with Crippen molar-refractivity contribution < 1.29 is 29.3 Å². The number of aliphatic hydroxyl groups is 3. The van der Waals surface area contributed by atoms with Gasteiger partial charge in [-0.15, -0.1) is 0 Å². The van der Waals surface area contributed by atoms with E-state index in [1.54, 1.807) is 20.8 Å². The van der Waals surface area contributed by atoms with E-state index in [4.69, 9.17) is 4.52 Å². The molecule has 0 aliphatic heterocycles. The molecule has 6 atom stereocenters. The maximum absolute atomic E-state index is 12.5. The predicted molar refractivity (Wildman–Crippen MR) is 101 cm³/mol. The fourth-order valence-electron chi connectivity index (χ4n) is 3.57. The highest BCUT2D eigenvalue weighted by Gasteiger charge is 2.49. The summed E-state index contributed by atoms with van der Waals surface area (Å²) < 4.78 is 19.0. The summed E-state index contributed by atoms with van der Waals surface area (Å²) in [5, 5.41) is 29.0. The summed E-state index contributed by atoms with van der Waals surface area (Å²) in [4.78, 5) is 35.5. The Kier molecular flexibility index (Phi) is 6.45. The van der Waals surface area contributed by atoms with Crippen LogP contribution in [-0.2, 0) is 9.09 Å². The predicted octanol–water partition coefficient (Wildman–Crippen LogP) is 0.309. The molecule has 0 spiro atoms. The first-order valence-electron chi connectivity index (χ1n) is 9.14. The van der Waals surface area contributed by atoms with Crippen LogP contribution >= 0.6 is 7.60 Å². The minimum Gasteiger partial charge on any atom is -0.390 e. The van der Waals surface area contributed by atoms with Crippen LogP contribution in [0.25, 0.3) is 0 Å². The Bertz CT molecular complexity index is 861. The van der Waals surface area contributed by atoms with Gasteiger partial charge in [0.2, 0.25) is 0 Å². The summed E-state index contributed by atoms with van der Waals surface area (Å²) in [5.41, 5.74) is -2.46. The minimum absolute atomic E-state index is 0.0127. The summed E-state index contributed by atoms with van der Waals surface area (Å²) in [5.74, 6) is -0.541. The van der Waals surface area contributed by atoms with E-state index in [0.29, 0.717) is 0 Å². The summed E-state index contributed by atoms with van der Waals surface area (Å²) in [6, 6.07) is 0.384. The van der Waals surface area contributed by atoms with Crippen molar-refractivity contribution in [2.45, 2.75) is 76.2 Å². The molecular weight excluding hydrogens is 391 g/mol. The summed E-state index contributed by atoms with van der Waals surface area (Å²) >= 11 is 0. The van der Waals surface area contributed by atoms with E-state index in [2.05, 4.69) is 4.98 Å². The molecule has 0 aromatic carbocycles. The van der Waals surface area contributed by atoms with Crippen LogP contribution in [0.3, 0.4) is 0 Å². The molecular formula is C17H29N2O8P. The molecule has 11 heteroatoms. The van der Waals surface area contributed by atoms with Gasteiger partial charge in [-0.2, -0.15) is 0 Å². The number of aliphatic hydroxyl groups excluding tert-OH is 2. The third-order valence-electron chi connectivity index (χ3n) is 5.38. The number of aromatic nitrogens is 2. The molecule has 2 rings (SSSR count). The number of nitrogens with zero attached hydrogens (tertiary/aromatic N) is 1. The summed E-state index contributed by atoms with van der Waals surface area (Å²) in [6.45, 7) is 5.89. The van der Waals surface area contributed by atoms with Gasteiger partial charge < -0.3 is 24.7 Å². The molecule has 0 bridgehead atoms. The molecule has 10 nitrogen and oxygen atoms in total. The maximum Gasteiger partial charge on any atom is 0.359 e. The van der Waals surface area contributed by atoms with E-state index in [-0.39, 0.29) is 19.3 Å². The lowest BCUT2D eigenvalue weighted by molar-refractivity contribution is -0.0199. The van der Waals surface area contributed by atoms with Gasteiger partial charge in [0.25, 0.3) is 5.56 Å². The number of nitrogens with one attached hydrogen (secondary N) is 1. The largest absolute Gasteiger partial charge is 0.390 e. The van der Waals surface area contributed by atoms with E-state index in [0.717, 1.165) is 10.6 Å². The van der Waals surface area contributed by atoms with Crippen molar-refractivity contribution in [2.24, 2.45) is 5.92 Å².